The molecule has 9 heteroatoms. The Morgan fingerprint density at radius 1 is 1.22 bits per heavy atom. The number of aryl methyl sites for hydroxylation is 1. The van der Waals surface area contributed by atoms with Crippen LogP contribution in [0.2, 0.25) is 5.02 Å². The molecule has 0 saturated heterocycles. The topological polar surface area (TPSA) is 90.9 Å². The highest BCUT2D eigenvalue weighted by atomic mass is 35.5. The van der Waals surface area contributed by atoms with Gasteiger partial charge in [-0.05, 0) is 68.4 Å². The molecule has 0 aliphatic heterocycles. The number of amides is 1. The van der Waals surface area contributed by atoms with Crippen molar-refractivity contribution in [3.8, 4) is 5.75 Å². The second-order valence-electron chi connectivity index (χ2n) is 7.68. The standard InChI is InChI=1S/C23H26ClNO6S/c1-4-29-23(28)21-16-7-5-13(2)9-18(16)32-22(21)25-19(26)11-31-20(27)12-30-15-6-8-17(24)14(3)10-15/h6,8,10,13H,4-5,7,9,11-12H2,1-3H3,(H,25,26)/t13-/m0/s1. The molecule has 1 amide bonds. The summed E-state index contributed by atoms with van der Waals surface area (Å²) in [6.07, 6.45) is 2.61. The largest absolute Gasteiger partial charge is 0.482 e. The quantitative estimate of drug-likeness (QED) is 0.557. The minimum atomic E-state index is -0.683. The van der Waals surface area contributed by atoms with Crippen molar-refractivity contribution in [2.75, 3.05) is 25.1 Å². The fourth-order valence-corrected chi connectivity index (χ4v) is 4.99. The van der Waals surface area contributed by atoms with Gasteiger partial charge in [-0.15, -0.1) is 11.3 Å². The minimum Gasteiger partial charge on any atom is -0.482 e. The van der Waals surface area contributed by atoms with Gasteiger partial charge in [0, 0.05) is 9.90 Å². The average Bonchev–Trinajstić information content (AvgIpc) is 3.10. The molecule has 1 aromatic carbocycles. The highest BCUT2D eigenvalue weighted by Crippen LogP contribution is 2.40. The van der Waals surface area contributed by atoms with Crippen LogP contribution in [0.4, 0.5) is 5.00 Å². The number of ether oxygens (including phenoxy) is 3. The molecule has 1 aliphatic carbocycles. The summed E-state index contributed by atoms with van der Waals surface area (Å²) in [4.78, 5) is 38.0. The van der Waals surface area contributed by atoms with Gasteiger partial charge in [0.2, 0.25) is 0 Å². The maximum atomic E-state index is 12.5. The number of hydrogen-bond donors (Lipinski definition) is 1. The lowest BCUT2D eigenvalue weighted by molar-refractivity contribution is -0.149. The van der Waals surface area contributed by atoms with E-state index in [1.54, 1.807) is 25.1 Å². The first kappa shape index (κ1) is 24.1. The van der Waals surface area contributed by atoms with Crippen molar-refractivity contribution in [1.29, 1.82) is 0 Å². The van der Waals surface area contributed by atoms with Gasteiger partial charge in [0.25, 0.3) is 5.91 Å². The first-order valence-electron chi connectivity index (χ1n) is 10.4. The SMILES string of the molecule is CCOC(=O)c1c(NC(=O)COC(=O)COc2ccc(Cl)c(C)c2)sc2c1CC[C@H](C)C2. The van der Waals surface area contributed by atoms with Crippen LogP contribution in [0.1, 0.15) is 46.6 Å². The fraction of sp³-hybridized carbons (Fsp3) is 0.435. The second kappa shape index (κ2) is 10.8. The Morgan fingerprint density at radius 2 is 2.00 bits per heavy atom. The van der Waals surface area contributed by atoms with Crippen LogP contribution in [0.3, 0.4) is 0 Å². The molecule has 0 spiro atoms. The lowest BCUT2D eigenvalue weighted by atomic mass is 9.88. The number of carbonyl (C=O) groups excluding carboxylic acids is 3. The third-order valence-corrected chi connectivity index (χ3v) is 6.69. The van der Waals surface area contributed by atoms with Crippen LogP contribution in [0.25, 0.3) is 0 Å². The molecular weight excluding hydrogens is 454 g/mol. The minimum absolute atomic E-state index is 0.248. The highest BCUT2D eigenvalue weighted by Gasteiger charge is 2.29. The molecule has 172 valence electrons. The summed E-state index contributed by atoms with van der Waals surface area (Å²) in [6.45, 7) is 5.15. The van der Waals surface area contributed by atoms with E-state index in [1.165, 1.54) is 11.3 Å². The monoisotopic (exact) mass is 479 g/mol. The number of nitrogens with one attached hydrogen (secondary N) is 1. The van der Waals surface area contributed by atoms with Gasteiger partial charge in [-0.3, -0.25) is 4.79 Å². The predicted molar refractivity (Wildman–Crippen MR) is 123 cm³/mol. The zero-order chi connectivity index (χ0) is 23.3. The second-order valence-corrected chi connectivity index (χ2v) is 9.20. The molecule has 1 aromatic heterocycles. The van der Waals surface area contributed by atoms with E-state index in [2.05, 4.69) is 12.2 Å². The fourth-order valence-electron chi connectivity index (χ4n) is 3.46. The zero-order valence-electron chi connectivity index (χ0n) is 18.3. The van der Waals surface area contributed by atoms with Gasteiger partial charge in [0.1, 0.15) is 10.8 Å². The van der Waals surface area contributed by atoms with Crippen molar-refractivity contribution in [2.24, 2.45) is 5.92 Å². The number of hydrogen-bond acceptors (Lipinski definition) is 7. The normalized spacial score (nSPS) is 14.9. The van der Waals surface area contributed by atoms with Gasteiger partial charge < -0.3 is 19.5 Å². The molecule has 1 atom stereocenters. The number of fused-ring (bicyclic) bond motifs is 1. The maximum absolute atomic E-state index is 12.5. The summed E-state index contributed by atoms with van der Waals surface area (Å²) in [5, 5.41) is 3.75. The van der Waals surface area contributed by atoms with Crippen LogP contribution in [-0.2, 0) is 31.9 Å². The molecule has 0 saturated carbocycles. The number of esters is 2. The molecule has 2 aromatic rings. The highest BCUT2D eigenvalue weighted by molar-refractivity contribution is 7.17. The molecule has 3 rings (SSSR count). The predicted octanol–water partition coefficient (Wildman–Crippen LogP) is 4.57. The summed E-state index contributed by atoms with van der Waals surface area (Å²) in [5.41, 5.74) is 2.19. The van der Waals surface area contributed by atoms with Crippen LogP contribution in [-0.4, -0.2) is 37.7 Å². The first-order chi connectivity index (χ1) is 15.3. The van der Waals surface area contributed by atoms with Crippen LogP contribution >= 0.6 is 22.9 Å². The number of benzene rings is 1. The smallest absolute Gasteiger partial charge is 0.344 e. The Morgan fingerprint density at radius 3 is 2.72 bits per heavy atom. The van der Waals surface area contributed by atoms with Gasteiger partial charge >= 0.3 is 11.9 Å². The first-order valence-corrected chi connectivity index (χ1v) is 11.6. The maximum Gasteiger partial charge on any atom is 0.344 e. The van der Waals surface area contributed by atoms with E-state index in [0.717, 1.165) is 35.3 Å². The molecular formula is C23H26ClNO6S. The van der Waals surface area contributed by atoms with Crippen molar-refractivity contribution in [1.82, 2.24) is 0 Å². The summed E-state index contributed by atoms with van der Waals surface area (Å²) < 4.78 is 15.6. The summed E-state index contributed by atoms with van der Waals surface area (Å²) >= 11 is 7.35. The van der Waals surface area contributed by atoms with E-state index >= 15 is 0 Å². The van der Waals surface area contributed by atoms with Crippen molar-refractivity contribution < 1.29 is 28.6 Å². The van der Waals surface area contributed by atoms with E-state index in [1.807, 2.05) is 6.92 Å². The van der Waals surface area contributed by atoms with Gasteiger partial charge in [0.15, 0.2) is 13.2 Å². The van der Waals surface area contributed by atoms with Crippen LogP contribution < -0.4 is 10.1 Å². The molecule has 7 nitrogen and oxygen atoms in total. The van der Waals surface area contributed by atoms with Crippen LogP contribution in [0.15, 0.2) is 18.2 Å². The molecule has 0 bridgehead atoms. The molecule has 32 heavy (non-hydrogen) atoms. The van der Waals surface area contributed by atoms with Gasteiger partial charge in [-0.1, -0.05) is 18.5 Å². The molecule has 1 heterocycles. The molecule has 1 aliphatic rings. The number of rotatable bonds is 8. The van der Waals surface area contributed by atoms with E-state index in [9.17, 15) is 14.4 Å². The summed E-state index contributed by atoms with van der Waals surface area (Å²) in [7, 11) is 0. The molecule has 0 fully saturated rings. The van der Waals surface area contributed by atoms with Crippen LogP contribution in [0.5, 0.6) is 5.75 Å². The Bertz CT molecular complexity index is 1020. The Labute approximate surface area is 196 Å². The van der Waals surface area contributed by atoms with E-state index < -0.39 is 24.5 Å². The lowest BCUT2D eigenvalue weighted by Crippen LogP contribution is -2.24. The van der Waals surface area contributed by atoms with E-state index in [4.69, 9.17) is 25.8 Å². The number of halogens is 1. The van der Waals surface area contributed by atoms with Crippen molar-refractivity contribution in [3.05, 3.63) is 44.8 Å². The number of anilines is 1. The van der Waals surface area contributed by atoms with Gasteiger partial charge in [-0.25, -0.2) is 9.59 Å². The van der Waals surface area contributed by atoms with Gasteiger partial charge in [0.05, 0.1) is 12.2 Å². The van der Waals surface area contributed by atoms with Gasteiger partial charge in [-0.2, -0.15) is 0 Å². The third-order valence-electron chi connectivity index (χ3n) is 5.09. The zero-order valence-corrected chi connectivity index (χ0v) is 19.9. The molecule has 1 N–H and O–H groups in total. The molecule has 0 radical (unpaired) electrons. The van der Waals surface area contributed by atoms with Crippen molar-refractivity contribution >= 4 is 45.8 Å². The lowest BCUT2D eigenvalue weighted by Gasteiger charge is -2.18. The molecule has 0 unspecified atom stereocenters. The van der Waals surface area contributed by atoms with Crippen molar-refractivity contribution in [3.63, 3.8) is 0 Å². The van der Waals surface area contributed by atoms with E-state index in [-0.39, 0.29) is 13.2 Å². The third kappa shape index (κ3) is 6.01. The number of carbonyl (C=O) groups is 3. The average molecular weight is 480 g/mol. The van der Waals surface area contributed by atoms with E-state index in [0.29, 0.717) is 27.3 Å². The number of thiophene rings is 1. The Kier molecular flexibility index (Phi) is 8.15. The Hall–Kier alpha value is -2.58. The summed E-state index contributed by atoms with van der Waals surface area (Å²) in [6, 6.07) is 5.03. The summed E-state index contributed by atoms with van der Waals surface area (Å²) in [5.74, 6) is -0.662. The van der Waals surface area contributed by atoms with Crippen molar-refractivity contribution in [2.45, 2.75) is 40.0 Å². The Balaban J connectivity index is 1.57. The van der Waals surface area contributed by atoms with Crippen LogP contribution in [0, 0.1) is 12.8 Å².